The predicted molar refractivity (Wildman–Crippen MR) is 405 cm³/mol. The van der Waals surface area contributed by atoms with Crippen molar-refractivity contribution >= 4 is 78.0 Å². The molecule has 10 nitrogen and oxygen atoms in total. The Morgan fingerprint density at radius 1 is 0.160 bits per heavy atom. The van der Waals surface area contributed by atoms with Crippen molar-refractivity contribution in [2.45, 2.75) is 0 Å². The Kier molecular flexibility index (Phi) is 14.0. The number of hydrogen-bond donors (Lipinski definition) is 0. The fourth-order valence-corrected chi connectivity index (χ4v) is 14.0. The predicted octanol–water partition coefficient (Wildman–Crippen LogP) is 23.8. The summed E-state index contributed by atoms with van der Waals surface area (Å²) in [5.74, 6) is 3.81. The van der Waals surface area contributed by atoms with Gasteiger partial charge >= 0.3 is 0 Å². The van der Waals surface area contributed by atoms with Gasteiger partial charge in [0.2, 0.25) is 0 Å². The van der Waals surface area contributed by atoms with E-state index in [4.69, 9.17) is 38.7 Å². The van der Waals surface area contributed by atoms with Crippen LogP contribution in [0, 0.1) is 0 Å². The minimum Gasteiger partial charge on any atom is -0.456 e. The lowest BCUT2D eigenvalue weighted by Crippen LogP contribution is -2.10. The van der Waals surface area contributed by atoms with Crippen LogP contribution in [-0.4, -0.2) is 29.9 Å². The molecular weight excluding hydrogens is 1230 g/mol. The van der Waals surface area contributed by atoms with E-state index < -0.39 is 0 Å². The first-order chi connectivity index (χ1) is 49.5. The minimum atomic E-state index is 0.632. The van der Waals surface area contributed by atoms with Gasteiger partial charge in [0.25, 0.3) is 0 Å². The Balaban J connectivity index is 0.000000139. The summed E-state index contributed by atoms with van der Waals surface area (Å²) in [7, 11) is 0. The third kappa shape index (κ3) is 10.7. The van der Waals surface area contributed by atoms with Gasteiger partial charge in [0.1, 0.15) is 22.3 Å². The van der Waals surface area contributed by atoms with Crippen LogP contribution in [0.5, 0.6) is 0 Å². The molecule has 2 aliphatic rings. The SMILES string of the molecule is c1ccc(-c2nc3nc(n2)-c2cccc(c2)-c2cccc(c2)N(c2ccc4c(c2)oc2ccccc24)c2cccc(c2)-c2cccc-3c2)cc1.c1ccc(-c2nc3nc(n2)-c2cccc(c2)-c2cccc(c2)N(c2ccc4oc5ccccc5c4c2)c2cccc(c2)-c2cccc-3c2)cc1. The Hall–Kier alpha value is -13.7. The summed E-state index contributed by atoms with van der Waals surface area (Å²) in [6.45, 7) is 0. The lowest BCUT2D eigenvalue weighted by molar-refractivity contribution is 0.668. The van der Waals surface area contributed by atoms with Gasteiger partial charge in [-0.2, -0.15) is 0 Å². The highest BCUT2D eigenvalue weighted by molar-refractivity contribution is 6.08. The Labute approximate surface area is 575 Å². The molecule has 14 aromatic carbocycles. The van der Waals surface area contributed by atoms with Gasteiger partial charge in [0.05, 0.1) is 0 Å². The van der Waals surface area contributed by atoms with Crippen molar-refractivity contribution in [1.82, 2.24) is 29.9 Å². The molecule has 0 aliphatic carbocycles. The number of hydrogen-bond acceptors (Lipinski definition) is 10. The molecule has 18 aromatic rings. The average molecular weight is 1280 g/mol. The summed E-state index contributed by atoms with van der Waals surface area (Å²) in [4.78, 5) is 34.7. The van der Waals surface area contributed by atoms with Gasteiger partial charge in [-0.3, -0.25) is 0 Å². The van der Waals surface area contributed by atoms with Gasteiger partial charge in [0.15, 0.2) is 34.9 Å². The molecule has 0 spiro atoms. The molecule has 20 bridgehead atoms. The highest BCUT2D eigenvalue weighted by Crippen LogP contribution is 2.45. The Bertz CT molecular complexity index is 6000. The Morgan fingerprint density at radius 3 is 0.820 bits per heavy atom. The molecule has 0 atom stereocenters. The monoisotopic (exact) mass is 1280 g/mol. The summed E-state index contributed by atoms with van der Waals surface area (Å²) in [6, 6.07) is 118. The molecule has 4 aromatic heterocycles. The van der Waals surface area contributed by atoms with Crippen LogP contribution in [-0.2, 0) is 0 Å². The first-order valence-corrected chi connectivity index (χ1v) is 33.4. The molecule has 0 fully saturated rings. The van der Waals surface area contributed by atoms with E-state index in [0.29, 0.717) is 34.9 Å². The van der Waals surface area contributed by atoms with Crippen molar-refractivity contribution in [3.05, 3.63) is 340 Å². The lowest BCUT2D eigenvalue weighted by Gasteiger charge is -2.27. The average Bonchev–Trinajstić information content (AvgIpc) is 1.36. The number of rotatable bonds is 4. The second-order valence-corrected chi connectivity index (χ2v) is 25.1. The maximum atomic E-state index is 6.36. The molecule has 0 amide bonds. The van der Waals surface area contributed by atoms with E-state index >= 15 is 0 Å². The molecule has 0 N–H and O–H groups in total. The van der Waals surface area contributed by atoms with Crippen LogP contribution in [0.15, 0.2) is 349 Å². The maximum Gasteiger partial charge on any atom is 0.164 e. The molecule has 20 rings (SSSR count). The third-order valence-corrected chi connectivity index (χ3v) is 18.8. The molecule has 0 saturated carbocycles. The molecule has 0 unspecified atom stereocenters. The molecular formula is C90H56N8O2. The summed E-state index contributed by atoms with van der Waals surface area (Å²) >= 11 is 0. The van der Waals surface area contributed by atoms with Gasteiger partial charge < -0.3 is 18.6 Å². The van der Waals surface area contributed by atoms with E-state index in [1.165, 1.54) is 0 Å². The quantitative estimate of drug-likeness (QED) is 0.169. The number of aromatic nitrogens is 6. The number of para-hydroxylation sites is 2. The van der Waals surface area contributed by atoms with E-state index in [1.807, 2.05) is 84.9 Å². The van der Waals surface area contributed by atoms with E-state index in [0.717, 1.165) is 156 Å². The highest BCUT2D eigenvalue weighted by atomic mass is 16.3. The van der Waals surface area contributed by atoms with Crippen LogP contribution < -0.4 is 9.80 Å². The molecule has 0 radical (unpaired) electrons. The number of benzene rings is 14. The Morgan fingerprint density at radius 2 is 0.420 bits per heavy atom. The zero-order valence-electron chi connectivity index (χ0n) is 53.7. The maximum absolute atomic E-state index is 6.36. The van der Waals surface area contributed by atoms with Crippen LogP contribution in [0.1, 0.15) is 0 Å². The largest absolute Gasteiger partial charge is 0.456 e. The van der Waals surface area contributed by atoms with Crippen molar-refractivity contribution in [3.63, 3.8) is 0 Å². The number of furan rings is 2. The van der Waals surface area contributed by atoms with Crippen LogP contribution in [0.2, 0.25) is 0 Å². The smallest absolute Gasteiger partial charge is 0.164 e. The van der Waals surface area contributed by atoms with Gasteiger partial charge in [-0.05, 0) is 160 Å². The molecule has 10 heteroatoms. The number of fused-ring (bicyclic) bond motifs is 34. The fourth-order valence-electron chi connectivity index (χ4n) is 14.0. The van der Waals surface area contributed by atoms with Crippen LogP contribution in [0.4, 0.5) is 34.1 Å². The van der Waals surface area contributed by atoms with E-state index in [1.54, 1.807) is 0 Å². The number of anilines is 6. The topological polar surface area (TPSA) is 110 Å². The molecule has 100 heavy (non-hydrogen) atoms. The molecule has 468 valence electrons. The first kappa shape index (κ1) is 57.7. The van der Waals surface area contributed by atoms with Crippen LogP contribution in [0.25, 0.3) is 157 Å². The molecule has 2 aliphatic heterocycles. The van der Waals surface area contributed by atoms with Crippen molar-refractivity contribution in [1.29, 1.82) is 0 Å². The fraction of sp³-hybridized carbons (Fsp3) is 0. The zero-order valence-corrected chi connectivity index (χ0v) is 53.7. The zero-order chi connectivity index (χ0) is 66.0. The van der Waals surface area contributed by atoms with Crippen molar-refractivity contribution in [3.8, 4) is 113 Å². The first-order valence-electron chi connectivity index (χ1n) is 33.4. The third-order valence-electron chi connectivity index (χ3n) is 18.8. The van der Waals surface area contributed by atoms with E-state index in [-0.39, 0.29) is 0 Å². The van der Waals surface area contributed by atoms with Crippen molar-refractivity contribution in [2.24, 2.45) is 0 Å². The standard InChI is InChI=1S/2C45H28N4O/c1-2-10-29(11-3-1)43-46-44-34-16-6-12-30(24-34)32-14-8-18-36(26-32)49(38-22-23-42-40(28-38)39-20-4-5-21-41(39)50-42)37-19-9-15-33(27-37)31-13-7-17-35(25-31)45(47-43)48-44;1-2-10-29(11-3-1)43-46-44-34-16-6-12-30(24-34)32-14-8-18-36(26-32)49(38-22-23-40-39-20-4-5-21-41(39)50-42(40)28-38)37-19-9-15-33(27-37)31-13-7-17-35(25-31)45(47-43)48-44/h2*1-28H. The summed E-state index contributed by atoms with van der Waals surface area (Å²) in [5, 5.41) is 4.40. The van der Waals surface area contributed by atoms with Crippen molar-refractivity contribution in [2.75, 3.05) is 9.80 Å². The number of nitrogens with zero attached hydrogens (tertiary/aromatic N) is 8. The van der Waals surface area contributed by atoms with E-state index in [9.17, 15) is 0 Å². The highest BCUT2D eigenvalue weighted by Gasteiger charge is 2.23. The molecule has 0 saturated heterocycles. The lowest BCUT2D eigenvalue weighted by atomic mass is 9.99. The summed E-state index contributed by atoms with van der Waals surface area (Å²) < 4.78 is 12.6. The van der Waals surface area contributed by atoms with Gasteiger partial charge in [-0.15, -0.1) is 0 Å². The normalized spacial score (nSPS) is 12.0. The minimum absolute atomic E-state index is 0.632. The van der Waals surface area contributed by atoms with Crippen LogP contribution >= 0.6 is 0 Å². The summed E-state index contributed by atoms with van der Waals surface area (Å²) in [5.41, 5.74) is 24.0. The summed E-state index contributed by atoms with van der Waals surface area (Å²) in [6.07, 6.45) is 0. The van der Waals surface area contributed by atoms with E-state index in [2.05, 4.69) is 265 Å². The second kappa shape index (κ2) is 24.2. The van der Waals surface area contributed by atoms with Crippen molar-refractivity contribution < 1.29 is 8.83 Å². The van der Waals surface area contributed by atoms with Gasteiger partial charge in [-0.25, -0.2) is 29.9 Å². The molecule has 6 heterocycles. The van der Waals surface area contributed by atoms with Crippen LogP contribution in [0.3, 0.4) is 0 Å². The second-order valence-electron chi connectivity index (χ2n) is 25.1. The van der Waals surface area contributed by atoms with Gasteiger partial charge in [0, 0.05) is 95.1 Å². The van der Waals surface area contributed by atoms with Gasteiger partial charge in [-0.1, -0.05) is 218 Å².